The molecule has 9 heteroatoms. The van der Waals surface area contributed by atoms with Gasteiger partial charge in [0.25, 0.3) is 5.91 Å². The van der Waals surface area contributed by atoms with Gasteiger partial charge in [0, 0.05) is 48.6 Å². The summed E-state index contributed by atoms with van der Waals surface area (Å²) in [5, 5.41) is 3.92. The Morgan fingerprint density at radius 1 is 1.32 bits per heavy atom. The van der Waals surface area contributed by atoms with Crippen LogP contribution in [0.5, 0.6) is 5.75 Å². The summed E-state index contributed by atoms with van der Waals surface area (Å²) in [4.78, 5) is 21.1. The van der Waals surface area contributed by atoms with Gasteiger partial charge in [0.15, 0.2) is 0 Å². The second kappa shape index (κ2) is 8.11. The SMILES string of the molecule is Cc1ccc2c(N)c(C(=O)N[C@H]3COc4cc(N5CC[C@@]6(C5)OCC[C@H]6N)ccc4C3)sc2n1. The van der Waals surface area contributed by atoms with E-state index in [2.05, 4.69) is 33.4 Å². The molecule has 1 amide bonds. The number of hydrogen-bond donors (Lipinski definition) is 3. The largest absolute Gasteiger partial charge is 0.491 e. The summed E-state index contributed by atoms with van der Waals surface area (Å²) in [7, 11) is 0. The number of anilines is 2. The molecule has 3 atom stereocenters. The van der Waals surface area contributed by atoms with Crippen molar-refractivity contribution >= 4 is 38.8 Å². The van der Waals surface area contributed by atoms with Crippen LogP contribution < -0.4 is 26.4 Å². The Kier molecular flexibility index (Phi) is 5.16. The van der Waals surface area contributed by atoms with Crippen LogP contribution in [0.4, 0.5) is 11.4 Å². The number of fused-ring (bicyclic) bond motifs is 2. The van der Waals surface area contributed by atoms with Gasteiger partial charge in [-0.15, -0.1) is 11.3 Å². The summed E-state index contributed by atoms with van der Waals surface area (Å²) in [5.74, 6) is 0.698. The Hall–Kier alpha value is -2.88. The van der Waals surface area contributed by atoms with Crippen LogP contribution in [0, 0.1) is 6.92 Å². The molecule has 0 aliphatic carbocycles. The van der Waals surface area contributed by atoms with E-state index in [4.69, 9.17) is 20.9 Å². The number of aromatic nitrogens is 1. The van der Waals surface area contributed by atoms with Gasteiger partial charge >= 0.3 is 0 Å². The molecule has 0 bridgehead atoms. The number of nitrogen functional groups attached to an aromatic ring is 1. The third-order valence-electron chi connectivity index (χ3n) is 7.35. The number of rotatable bonds is 3. The summed E-state index contributed by atoms with van der Waals surface area (Å²) in [6.45, 7) is 4.84. The lowest BCUT2D eigenvalue weighted by Gasteiger charge is -2.30. The number of aryl methyl sites for hydroxylation is 1. The van der Waals surface area contributed by atoms with Gasteiger partial charge < -0.3 is 31.2 Å². The molecule has 2 fully saturated rings. The predicted octanol–water partition coefficient (Wildman–Crippen LogP) is 2.62. The Morgan fingerprint density at radius 3 is 3.03 bits per heavy atom. The Bertz CT molecular complexity index is 1280. The van der Waals surface area contributed by atoms with Crippen LogP contribution in [0.3, 0.4) is 0 Å². The highest BCUT2D eigenvalue weighted by Crippen LogP contribution is 2.38. The van der Waals surface area contributed by atoms with Crippen molar-refractivity contribution in [3.63, 3.8) is 0 Å². The molecule has 2 saturated heterocycles. The van der Waals surface area contributed by atoms with Crippen molar-refractivity contribution in [1.29, 1.82) is 0 Å². The van der Waals surface area contributed by atoms with Crippen LogP contribution in [-0.2, 0) is 11.2 Å². The first-order valence-corrected chi connectivity index (χ1v) is 12.6. The number of carbonyl (C=O) groups excluding carboxylic acids is 1. The molecule has 3 aliphatic heterocycles. The molecule has 3 aliphatic rings. The number of thiophene rings is 1. The minimum Gasteiger partial charge on any atom is -0.491 e. The normalized spacial score (nSPS) is 26.1. The molecule has 1 aromatic carbocycles. The Labute approximate surface area is 202 Å². The van der Waals surface area contributed by atoms with Gasteiger partial charge in [0.05, 0.1) is 11.7 Å². The topological polar surface area (TPSA) is 116 Å². The Morgan fingerprint density at radius 2 is 2.21 bits per heavy atom. The van der Waals surface area contributed by atoms with E-state index >= 15 is 0 Å². The zero-order valence-electron chi connectivity index (χ0n) is 19.2. The summed E-state index contributed by atoms with van der Waals surface area (Å²) in [6, 6.07) is 10.1. The first-order valence-electron chi connectivity index (χ1n) is 11.8. The highest BCUT2D eigenvalue weighted by atomic mass is 32.1. The molecule has 2 aromatic heterocycles. The van der Waals surface area contributed by atoms with Gasteiger partial charge in [-0.3, -0.25) is 4.79 Å². The van der Waals surface area contributed by atoms with Crippen molar-refractivity contribution in [1.82, 2.24) is 10.3 Å². The average Bonchev–Trinajstić information content (AvgIpc) is 3.51. The molecule has 0 radical (unpaired) electrons. The van der Waals surface area contributed by atoms with Crippen molar-refractivity contribution < 1.29 is 14.3 Å². The van der Waals surface area contributed by atoms with E-state index in [1.165, 1.54) is 11.3 Å². The van der Waals surface area contributed by atoms with E-state index in [1.54, 1.807) is 0 Å². The van der Waals surface area contributed by atoms with Gasteiger partial charge in [-0.1, -0.05) is 6.07 Å². The van der Waals surface area contributed by atoms with Crippen LogP contribution in [0.15, 0.2) is 30.3 Å². The summed E-state index contributed by atoms with van der Waals surface area (Å²) in [6.07, 6.45) is 2.59. The Balaban J connectivity index is 1.14. The van der Waals surface area contributed by atoms with Gasteiger partial charge in [-0.2, -0.15) is 0 Å². The van der Waals surface area contributed by atoms with E-state index in [9.17, 15) is 4.79 Å². The maximum atomic E-state index is 13.0. The van der Waals surface area contributed by atoms with Crippen molar-refractivity contribution in [3.05, 3.63) is 46.5 Å². The molecular formula is C25H29N5O3S. The van der Waals surface area contributed by atoms with Crippen LogP contribution in [0.2, 0.25) is 0 Å². The minimum atomic E-state index is -0.213. The molecule has 5 heterocycles. The van der Waals surface area contributed by atoms with Crippen LogP contribution in [0.1, 0.15) is 33.8 Å². The first kappa shape index (κ1) is 21.6. The van der Waals surface area contributed by atoms with Crippen LogP contribution in [0.25, 0.3) is 10.2 Å². The number of amides is 1. The molecule has 8 nitrogen and oxygen atoms in total. The minimum absolute atomic E-state index is 0.102. The van der Waals surface area contributed by atoms with Crippen molar-refractivity contribution in [2.45, 2.75) is 43.9 Å². The molecule has 1 spiro atoms. The maximum absolute atomic E-state index is 13.0. The lowest BCUT2D eigenvalue weighted by Crippen LogP contribution is -2.47. The number of ether oxygens (including phenoxy) is 2. The molecular weight excluding hydrogens is 450 g/mol. The first-order chi connectivity index (χ1) is 16.4. The molecule has 34 heavy (non-hydrogen) atoms. The molecule has 178 valence electrons. The van der Waals surface area contributed by atoms with Crippen molar-refractivity contribution in [2.24, 2.45) is 5.73 Å². The zero-order valence-corrected chi connectivity index (χ0v) is 20.0. The fraction of sp³-hybridized carbons (Fsp3) is 0.440. The summed E-state index contributed by atoms with van der Waals surface area (Å²) in [5.41, 5.74) is 16.0. The maximum Gasteiger partial charge on any atom is 0.263 e. The van der Waals surface area contributed by atoms with E-state index in [0.717, 1.165) is 65.4 Å². The van der Waals surface area contributed by atoms with Crippen LogP contribution in [-0.4, -0.2) is 54.9 Å². The van der Waals surface area contributed by atoms with E-state index in [-0.39, 0.29) is 23.6 Å². The number of nitrogens with one attached hydrogen (secondary N) is 1. The predicted molar refractivity (Wildman–Crippen MR) is 134 cm³/mol. The number of nitrogens with zero attached hydrogens (tertiary/aromatic N) is 2. The molecule has 5 N–H and O–H groups in total. The second-order valence-corrected chi connectivity index (χ2v) is 10.6. The fourth-order valence-corrected chi connectivity index (χ4v) is 6.41. The monoisotopic (exact) mass is 479 g/mol. The van der Waals surface area contributed by atoms with Crippen molar-refractivity contribution in [3.8, 4) is 5.75 Å². The summed E-state index contributed by atoms with van der Waals surface area (Å²) < 4.78 is 12.1. The highest BCUT2D eigenvalue weighted by molar-refractivity contribution is 7.21. The van der Waals surface area contributed by atoms with Gasteiger partial charge in [0.1, 0.15) is 27.7 Å². The summed E-state index contributed by atoms with van der Waals surface area (Å²) >= 11 is 1.33. The number of pyridine rings is 1. The second-order valence-electron chi connectivity index (χ2n) is 9.61. The third-order valence-corrected chi connectivity index (χ3v) is 8.47. The van der Waals surface area contributed by atoms with E-state index < -0.39 is 0 Å². The van der Waals surface area contributed by atoms with Gasteiger partial charge in [-0.05, 0) is 49.9 Å². The highest BCUT2D eigenvalue weighted by Gasteiger charge is 2.47. The molecule has 6 rings (SSSR count). The van der Waals surface area contributed by atoms with Crippen molar-refractivity contribution in [2.75, 3.05) is 36.9 Å². The van der Waals surface area contributed by atoms with E-state index in [1.807, 2.05) is 19.1 Å². The molecule has 3 aromatic rings. The van der Waals surface area contributed by atoms with Crippen LogP contribution >= 0.6 is 11.3 Å². The smallest absolute Gasteiger partial charge is 0.263 e. The number of hydrogen-bond acceptors (Lipinski definition) is 8. The molecule has 0 saturated carbocycles. The van der Waals surface area contributed by atoms with Gasteiger partial charge in [-0.25, -0.2) is 4.98 Å². The van der Waals surface area contributed by atoms with E-state index in [0.29, 0.717) is 23.6 Å². The lowest BCUT2D eigenvalue weighted by molar-refractivity contribution is 0.0147. The third kappa shape index (κ3) is 3.59. The standard InChI is InChI=1S/C25H29N5O3S/c1-14-2-5-18-21(27)22(34-24(18)28-14)23(31)29-16-10-15-3-4-17(11-19(15)32-12-16)30-8-7-25(13-30)20(26)6-9-33-25/h2-5,11,16,20H,6-10,12-13,26-27H2,1H3,(H,29,31)/t16-,20-,25+/m1/s1. The quantitative estimate of drug-likeness (QED) is 0.529. The molecule has 0 unspecified atom stereocenters. The number of nitrogens with two attached hydrogens (primary N) is 2. The zero-order chi connectivity index (χ0) is 23.4. The average molecular weight is 480 g/mol. The van der Waals surface area contributed by atoms with Gasteiger partial charge in [0.2, 0.25) is 0 Å². The fourth-order valence-electron chi connectivity index (χ4n) is 5.37. The lowest BCUT2D eigenvalue weighted by atomic mass is 9.94. The number of carbonyl (C=O) groups is 1. The number of benzene rings is 1.